The van der Waals surface area contributed by atoms with Crippen LogP contribution in [0.3, 0.4) is 0 Å². The summed E-state index contributed by atoms with van der Waals surface area (Å²) in [5.41, 5.74) is 0.709. The number of benzene rings is 1. The topological polar surface area (TPSA) is 26.3 Å². The van der Waals surface area contributed by atoms with Gasteiger partial charge in [0.2, 0.25) is 0 Å². The Balaban J connectivity index is 3.01. The molecule has 1 atom stereocenters. The van der Waals surface area contributed by atoms with Gasteiger partial charge in [-0.3, -0.25) is 4.79 Å². The molecule has 0 bridgehead atoms. The van der Waals surface area contributed by atoms with Gasteiger partial charge in [0.05, 0.1) is 0 Å². The Labute approximate surface area is 82.7 Å². The predicted octanol–water partition coefficient (Wildman–Crippen LogP) is 2.69. The van der Waals surface area contributed by atoms with Gasteiger partial charge in [0.1, 0.15) is 11.6 Å². The van der Waals surface area contributed by atoms with Crippen molar-refractivity contribution < 1.29 is 13.9 Å². The molecule has 0 fully saturated rings. The zero-order chi connectivity index (χ0) is 10.7. The molecule has 14 heavy (non-hydrogen) atoms. The number of halogens is 1. The van der Waals surface area contributed by atoms with Gasteiger partial charge >= 0.3 is 5.97 Å². The molecule has 0 heterocycles. The Kier molecular flexibility index (Phi) is 3.23. The number of ether oxygens (including phenoxy) is 1. The predicted molar refractivity (Wildman–Crippen MR) is 51.5 cm³/mol. The van der Waals surface area contributed by atoms with Crippen LogP contribution in [0.1, 0.15) is 25.3 Å². The molecule has 0 aromatic heterocycles. The smallest absolute Gasteiger partial charge is 0.308 e. The quantitative estimate of drug-likeness (QED) is 0.535. The van der Waals surface area contributed by atoms with Crippen LogP contribution in [0.5, 0.6) is 5.75 Å². The molecule has 1 aromatic rings. The van der Waals surface area contributed by atoms with Crippen LogP contribution in [0.4, 0.5) is 4.39 Å². The molecular weight excluding hydrogens is 183 g/mol. The molecule has 0 aliphatic heterocycles. The van der Waals surface area contributed by atoms with E-state index in [1.807, 2.05) is 6.92 Å². The second kappa shape index (κ2) is 4.22. The van der Waals surface area contributed by atoms with Crippen LogP contribution in [-0.2, 0) is 4.79 Å². The fourth-order valence-corrected chi connectivity index (χ4v) is 1.09. The molecule has 0 spiro atoms. The average molecular weight is 195 g/mol. The van der Waals surface area contributed by atoms with Crippen molar-refractivity contribution in [2.24, 2.45) is 0 Å². The highest BCUT2D eigenvalue weighted by Gasteiger charge is 2.06. The van der Waals surface area contributed by atoms with Crippen LogP contribution in [0.15, 0.2) is 18.2 Å². The lowest BCUT2D eigenvalue weighted by molar-refractivity contribution is -0.131. The van der Waals surface area contributed by atoms with E-state index in [0.29, 0.717) is 5.56 Å². The monoisotopic (exact) mass is 195 g/mol. The molecule has 2 nitrogen and oxygen atoms in total. The largest absolute Gasteiger partial charge is 0.427 e. The number of esters is 1. The molecule has 0 saturated carbocycles. The third-order valence-corrected chi connectivity index (χ3v) is 1.72. The second-order valence-corrected chi connectivity index (χ2v) is 3.21. The van der Waals surface area contributed by atoms with E-state index in [9.17, 15) is 9.18 Å². The number of carbonyl (C=O) groups is 1. The summed E-state index contributed by atoms with van der Waals surface area (Å²) in [5, 5.41) is 0. The van der Waals surface area contributed by atoms with Crippen molar-refractivity contribution in [2.45, 2.75) is 19.8 Å². The van der Waals surface area contributed by atoms with E-state index in [-0.39, 0.29) is 11.7 Å². The lowest BCUT2D eigenvalue weighted by Gasteiger charge is -2.08. The van der Waals surface area contributed by atoms with E-state index in [4.69, 9.17) is 4.74 Å². The maximum atomic E-state index is 13.0. The molecule has 1 unspecified atom stereocenters. The first kappa shape index (κ1) is 10.7. The minimum absolute atomic E-state index is 0.0417. The summed E-state index contributed by atoms with van der Waals surface area (Å²) >= 11 is 0. The number of hydrogen-bond donors (Lipinski definition) is 0. The lowest BCUT2D eigenvalue weighted by atomic mass is 10.0. The molecule has 0 saturated heterocycles. The molecular formula is C11H12FO2. The fraction of sp³-hybridized carbons (Fsp3) is 0.273. The Morgan fingerprint density at radius 2 is 2.14 bits per heavy atom. The summed E-state index contributed by atoms with van der Waals surface area (Å²) in [5.74, 6) is -0.699. The summed E-state index contributed by atoms with van der Waals surface area (Å²) in [6.45, 7) is 6.88. The standard InChI is InChI=1S/C11H12FO2/c1-7(2)9-4-10(12)6-11(5-9)14-8(3)13/h4-7H,1H2,2-3H3. The highest BCUT2D eigenvalue weighted by molar-refractivity contribution is 5.69. The second-order valence-electron chi connectivity index (χ2n) is 3.21. The van der Waals surface area contributed by atoms with Crippen LogP contribution < -0.4 is 4.74 Å². The molecule has 3 heteroatoms. The summed E-state index contributed by atoms with van der Waals surface area (Å²) in [6.07, 6.45) is 0. The molecule has 1 radical (unpaired) electrons. The van der Waals surface area contributed by atoms with E-state index in [0.717, 1.165) is 0 Å². The Hall–Kier alpha value is -1.38. The number of rotatable bonds is 2. The van der Waals surface area contributed by atoms with E-state index < -0.39 is 11.8 Å². The lowest BCUT2D eigenvalue weighted by Crippen LogP contribution is -2.02. The van der Waals surface area contributed by atoms with Crippen molar-refractivity contribution in [2.75, 3.05) is 0 Å². The third-order valence-electron chi connectivity index (χ3n) is 1.72. The van der Waals surface area contributed by atoms with E-state index in [1.165, 1.54) is 19.1 Å². The van der Waals surface area contributed by atoms with Crippen molar-refractivity contribution >= 4 is 5.97 Å². The molecule has 75 valence electrons. The average Bonchev–Trinajstić information content (AvgIpc) is 2.01. The summed E-state index contributed by atoms with van der Waals surface area (Å²) in [6, 6.07) is 4.17. The van der Waals surface area contributed by atoms with Gasteiger partial charge in [0.15, 0.2) is 0 Å². The number of hydrogen-bond acceptors (Lipinski definition) is 2. The molecule has 0 N–H and O–H groups in total. The highest BCUT2D eigenvalue weighted by Crippen LogP contribution is 2.22. The molecule has 0 amide bonds. The van der Waals surface area contributed by atoms with Gasteiger partial charge in [0, 0.05) is 13.0 Å². The normalized spacial score (nSPS) is 10.4. The minimum atomic E-state index is -0.460. The first-order valence-electron chi connectivity index (χ1n) is 4.31. The molecule has 0 aliphatic carbocycles. The maximum Gasteiger partial charge on any atom is 0.308 e. The van der Waals surface area contributed by atoms with Crippen molar-refractivity contribution in [1.29, 1.82) is 0 Å². The summed E-state index contributed by atoms with van der Waals surface area (Å²) in [7, 11) is 0. The molecule has 1 rings (SSSR count). The molecule has 0 aliphatic rings. The minimum Gasteiger partial charge on any atom is -0.427 e. The van der Waals surface area contributed by atoms with Crippen molar-refractivity contribution in [3.8, 4) is 5.75 Å². The number of carbonyl (C=O) groups excluding carboxylic acids is 1. The van der Waals surface area contributed by atoms with E-state index in [1.54, 1.807) is 6.07 Å². The summed E-state index contributed by atoms with van der Waals surface area (Å²) < 4.78 is 17.8. The van der Waals surface area contributed by atoms with Gasteiger partial charge in [-0.25, -0.2) is 4.39 Å². The summed E-state index contributed by atoms with van der Waals surface area (Å²) in [4.78, 5) is 10.6. The Bertz CT molecular complexity index is 345. The molecule has 1 aromatic carbocycles. The van der Waals surface area contributed by atoms with Gasteiger partial charge < -0.3 is 4.74 Å². The van der Waals surface area contributed by atoms with Gasteiger partial charge in [-0.1, -0.05) is 6.92 Å². The van der Waals surface area contributed by atoms with Crippen molar-refractivity contribution in [3.05, 3.63) is 36.5 Å². The van der Waals surface area contributed by atoms with Crippen LogP contribution in [0.25, 0.3) is 0 Å². The SMILES string of the molecule is [CH2]C(C)c1cc(F)cc(OC(C)=O)c1. The first-order valence-corrected chi connectivity index (χ1v) is 4.31. The van der Waals surface area contributed by atoms with Crippen LogP contribution in [0.2, 0.25) is 0 Å². The maximum absolute atomic E-state index is 13.0. The van der Waals surface area contributed by atoms with Gasteiger partial charge in [-0.15, -0.1) is 0 Å². The van der Waals surface area contributed by atoms with Gasteiger partial charge in [-0.2, -0.15) is 0 Å². The zero-order valence-corrected chi connectivity index (χ0v) is 8.21. The van der Waals surface area contributed by atoms with E-state index in [2.05, 4.69) is 6.92 Å². The van der Waals surface area contributed by atoms with Crippen LogP contribution >= 0.6 is 0 Å². The fourth-order valence-electron chi connectivity index (χ4n) is 1.09. The Morgan fingerprint density at radius 3 is 2.64 bits per heavy atom. The third kappa shape index (κ3) is 2.83. The zero-order valence-electron chi connectivity index (χ0n) is 8.21. The highest BCUT2D eigenvalue weighted by atomic mass is 19.1. The van der Waals surface area contributed by atoms with Crippen LogP contribution in [-0.4, -0.2) is 5.97 Å². The first-order chi connectivity index (χ1) is 6.49. The van der Waals surface area contributed by atoms with Gasteiger partial charge in [-0.05, 0) is 30.5 Å². The Morgan fingerprint density at radius 1 is 1.50 bits per heavy atom. The van der Waals surface area contributed by atoms with Crippen LogP contribution in [0, 0.1) is 12.7 Å². The van der Waals surface area contributed by atoms with Crippen molar-refractivity contribution in [3.63, 3.8) is 0 Å². The van der Waals surface area contributed by atoms with E-state index >= 15 is 0 Å². The van der Waals surface area contributed by atoms with Gasteiger partial charge in [0.25, 0.3) is 0 Å². The van der Waals surface area contributed by atoms with Crippen molar-refractivity contribution in [1.82, 2.24) is 0 Å².